The van der Waals surface area contributed by atoms with E-state index in [4.69, 9.17) is 21.1 Å². The number of ether oxygens (including phenoxy) is 2. The molecule has 128 valence electrons. The number of amides is 1. The van der Waals surface area contributed by atoms with Gasteiger partial charge in [0.25, 0.3) is 0 Å². The Morgan fingerprint density at radius 2 is 2.04 bits per heavy atom. The lowest BCUT2D eigenvalue weighted by atomic mass is 9.92. The molecule has 0 aromatic heterocycles. The molecule has 0 aliphatic heterocycles. The number of hydrogen-bond donors (Lipinski definition) is 1. The maximum atomic E-state index is 12.0. The van der Waals surface area contributed by atoms with Gasteiger partial charge in [-0.05, 0) is 51.3 Å². The van der Waals surface area contributed by atoms with Gasteiger partial charge in [0.15, 0.2) is 0 Å². The van der Waals surface area contributed by atoms with Crippen LogP contribution in [-0.4, -0.2) is 23.8 Å². The van der Waals surface area contributed by atoms with E-state index in [0.717, 1.165) is 31.2 Å². The van der Waals surface area contributed by atoms with Gasteiger partial charge in [0.05, 0.1) is 18.8 Å². The van der Waals surface area contributed by atoms with E-state index in [-0.39, 0.29) is 18.2 Å². The second-order valence-corrected chi connectivity index (χ2v) is 7.45. The summed E-state index contributed by atoms with van der Waals surface area (Å²) in [7, 11) is 0. The third-order valence-electron chi connectivity index (χ3n) is 3.76. The molecule has 0 bridgehead atoms. The number of rotatable bonds is 4. The van der Waals surface area contributed by atoms with Crippen molar-refractivity contribution in [2.45, 2.75) is 70.8 Å². The number of alkyl carbamates (subject to hydrolysis) is 1. The molecule has 0 heterocycles. The lowest BCUT2D eigenvalue weighted by Crippen LogP contribution is -2.47. The van der Waals surface area contributed by atoms with E-state index >= 15 is 0 Å². The normalized spacial score (nSPS) is 21.7. The van der Waals surface area contributed by atoms with Gasteiger partial charge in [-0.3, -0.25) is 0 Å². The molecule has 2 unspecified atom stereocenters. The van der Waals surface area contributed by atoms with Crippen LogP contribution in [0, 0.1) is 0 Å². The molecule has 1 amide bonds. The maximum Gasteiger partial charge on any atom is 0.407 e. The van der Waals surface area contributed by atoms with Gasteiger partial charge >= 0.3 is 6.09 Å². The van der Waals surface area contributed by atoms with Crippen LogP contribution in [-0.2, 0) is 16.1 Å². The molecular weight excluding hydrogens is 314 g/mol. The molecule has 4 nitrogen and oxygen atoms in total. The monoisotopic (exact) mass is 339 g/mol. The summed E-state index contributed by atoms with van der Waals surface area (Å²) >= 11 is 6.00. The Kier molecular flexibility index (Phi) is 6.31. The van der Waals surface area contributed by atoms with Crippen molar-refractivity contribution in [3.8, 4) is 0 Å². The fourth-order valence-electron chi connectivity index (χ4n) is 2.75. The Labute approximate surface area is 143 Å². The predicted molar refractivity (Wildman–Crippen MR) is 91.7 cm³/mol. The Morgan fingerprint density at radius 1 is 1.30 bits per heavy atom. The lowest BCUT2D eigenvalue weighted by Gasteiger charge is -2.32. The van der Waals surface area contributed by atoms with Crippen LogP contribution in [0.4, 0.5) is 4.79 Å². The van der Waals surface area contributed by atoms with E-state index in [1.54, 1.807) is 0 Å². The highest BCUT2D eigenvalue weighted by atomic mass is 35.5. The average molecular weight is 340 g/mol. The largest absolute Gasteiger partial charge is 0.444 e. The first kappa shape index (κ1) is 18.1. The van der Waals surface area contributed by atoms with Crippen LogP contribution >= 0.6 is 11.6 Å². The zero-order valence-corrected chi connectivity index (χ0v) is 14.9. The Balaban J connectivity index is 1.89. The maximum absolute atomic E-state index is 12.0. The second kappa shape index (κ2) is 8.02. The lowest BCUT2D eigenvalue weighted by molar-refractivity contribution is -0.0113. The van der Waals surface area contributed by atoms with Crippen molar-refractivity contribution >= 4 is 17.7 Å². The third kappa shape index (κ3) is 6.40. The Bertz CT molecular complexity index is 527. The van der Waals surface area contributed by atoms with E-state index in [0.29, 0.717) is 11.6 Å². The fourth-order valence-corrected chi connectivity index (χ4v) is 2.96. The molecule has 0 spiro atoms. The number of halogens is 1. The molecule has 2 atom stereocenters. The van der Waals surface area contributed by atoms with Gasteiger partial charge in [-0.15, -0.1) is 0 Å². The van der Waals surface area contributed by atoms with Gasteiger partial charge < -0.3 is 14.8 Å². The Morgan fingerprint density at radius 3 is 2.74 bits per heavy atom. The summed E-state index contributed by atoms with van der Waals surface area (Å²) in [6.45, 7) is 6.08. The zero-order chi connectivity index (χ0) is 16.9. The minimum Gasteiger partial charge on any atom is -0.444 e. The topological polar surface area (TPSA) is 47.6 Å². The molecule has 2 rings (SSSR count). The van der Waals surface area contributed by atoms with Crippen molar-refractivity contribution in [2.75, 3.05) is 0 Å². The highest BCUT2D eigenvalue weighted by Crippen LogP contribution is 2.23. The van der Waals surface area contributed by atoms with Crippen LogP contribution < -0.4 is 5.32 Å². The predicted octanol–water partition coefficient (Wildman–Crippen LogP) is 4.69. The smallest absolute Gasteiger partial charge is 0.407 e. The summed E-state index contributed by atoms with van der Waals surface area (Å²) in [4.78, 5) is 12.0. The SMILES string of the molecule is CC(C)(C)OC(=O)NC1CCCCC1OCc1cccc(Cl)c1. The minimum absolute atomic E-state index is 0.00205. The van der Waals surface area contributed by atoms with Crippen molar-refractivity contribution in [1.82, 2.24) is 5.32 Å². The first-order valence-corrected chi connectivity index (χ1v) is 8.57. The summed E-state index contributed by atoms with van der Waals surface area (Å²) in [5.74, 6) is 0. The molecule has 1 fully saturated rings. The zero-order valence-electron chi connectivity index (χ0n) is 14.1. The number of carbonyl (C=O) groups excluding carboxylic acids is 1. The minimum atomic E-state index is -0.490. The molecule has 1 aromatic carbocycles. The fraction of sp³-hybridized carbons (Fsp3) is 0.611. The molecule has 1 aliphatic rings. The van der Waals surface area contributed by atoms with E-state index in [9.17, 15) is 4.79 Å². The molecule has 23 heavy (non-hydrogen) atoms. The van der Waals surface area contributed by atoms with Gasteiger partial charge in [0.2, 0.25) is 0 Å². The van der Waals surface area contributed by atoms with E-state index in [1.807, 2.05) is 45.0 Å². The number of nitrogens with one attached hydrogen (secondary N) is 1. The van der Waals surface area contributed by atoms with Gasteiger partial charge in [0, 0.05) is 5.02 Å². The van der Waals surface area contributed by atoms with Crippen LogP contribution in [0.1, 0.15) is 52.0 Å². The molecule has 0 radical (unpaired) electrons. The second-order valence-electron chi connectivity index (χ2n) is 7.02. The molecule has 1 aromatic rings. The van der Waals surface area contributed by atoms with Gasteiger partial charge in [-0.25, -0.2) is 4.79 Å². The molecule has 5 heteroatoms. The van der Waals surface area contributed by atoms with E-state index < -0.39 is 5.60 Å². The van der Waals surface area contributed by atoms with Crippen molar-refractivity contribution in [2.24, 2.45) is 0 Å². The van der Waals surface area contributed by atoms with Crippen LogP contribution in [0.15, 0.2) is 24.3 Å². The Hall–Kier alpha value is -1.26. The quantitative estimate of drug-likeness (QED) is 0.865. The summed E-state index contributed by atoms with van der Waals surface area (Å²) in [6, 6.07) is 7.65. The highest BCUT2D eigenvalue weighted by molar-refractivity contribution is 6.30. The average Bonchev–Trinajstić information content (AvgIpc) is 2.44. The first-order chi connectivity index (χ1) is 10.8. The van der Waals surface area contributed by atoms with Crippen molar-refractivity contribution in [1.29, 1.82) is 0 Å². The van der Waals surface area contributed by atoms with Crippen molar-refractivity contribution < 1.29 is 14.3 Å². The van der Waals surface area contributed by atoms with Crippen LogP contribution in [0.2, 0.25) is 5.02 Å². The number of carbonyl (C=O) groups is 1. The molecule has 1 aliphatic carbocycles. The van der Waals surface area contributed by atoms with Crippen molar-refractivity contribution in [3.63, 3.8) is 0 Å². The highest BCUT2D eigenvalue weighted by Gasteiger charge is 2.29. The summed E-state index contributed by atoms with van der Waals surface area (Å²) in [5.41, 5.74) is 0.551. The standard InChI is InChI=1S/C18H26ClNO3/c1-18(2,3)23-17(21)20-15-9-4-5-10-16(15)22-12-13-7-6-8-14(19)11-13/h6-8,11,15-16H,4-5,9-10,12H2,1-3H3,(H,20,21). The van der Waals surface area contributed by atoms with E-state index in [2.05, 4.69) is 5.32 Å². The third-order valence-corrected chi connectivity index (χ3v) is 3.99. The summed E-state index contributed by atoms with van der Waals surface area (Å²) in [5, 5.41) is 3.67. The first-order valence-electron chi connectivity index (χ1n) is 8.19. The van der Waals surface area contributed by atoms with Crippen molar-refractivity contribution in [3.05, 3.63) is 34.9 Å². The number of hydrogen-bond acceptors (Lipinski definition) is 3. The molecule has 0 saturated heterocycles. The summed E-state index contributed by atoms with van der Waals surface area (Å²) < 4.78 is 11.4. The molecular formula is C18H26ClNO3. The molecule has 1 saturated carbocycles. The summed E-state index contributed by atoms with van der Waals surface area (Å²) in [6.07, 6.45) is 3.71. The van der Waals surface area contributed by atoms with Crippen LogP contribution in [0.5, 0.6) is 0 Å². The van der Waals surface area contributed by atoms with Gasteiger partial charge in [0.1, 0.15) is 5.60 Å². The van der Waals surface area contributed by atoms with Gasteiger partial charge in [-0.2, -0.15) is 0 Å². The van der Waals surface area contributed by atoms with Crippen LogP contribution in [0.3, 0.4) is 0 Å². The van der Waals surface area contributed by atoms with E-state index in [1.165, 1.54) is 0 Å². The number of benzene rings is 1. The van der Waals surface area contributed by atoms with Gasteiger partial charge in [-0.1, -0.05) is 36.6 Å². The molecule has 1 N–H and O–H groups in total. The van der Waals surface area contributed by atoms with Crippen LogP contribution in [0.25, 0.3) is 0 Å².